The molecule has 2 rings (SSSR count). The van der Waals surface area contributed by atoms with Gasteiger partial charge in [-0.2, -0.15) is 10.4 Å². The molecule has 102 valence electrons. The van der Waals surface area contributed by atoms with Gasteiger partial charge in [0.2, 0.25) is 0 Å². The number of carbonyl (C=O) groups is 1. The van der Waals surface area contributed by atoms with E-state index in [-0.39, 0.29) is 5.91 Å². The van der Waals surface area contributed by atoms with E-state index in [1.807, 2.05) is 19.1 Å². The van der Waals surface area contributed by atoms with Gasteiger partial charge in [-0.05, 0) is 53.8 Å². The summed E-state index contributed by atoms with van der Waals surface area (Å²) in [6.07, 6.45) is 0.355. The zero-order chi connectivity index (χ0) is 14.5. The molecular formula is C14H13IN4O. The predicted molar refractivity (Wildman–Crippen MR) is 84.3 cm³/mol. The lowest BCUT2D eigenvalue weighted by molar-refractivity contribution is 0.102. The summed E-state index contributed by atoms with van der Waals surface area (Å²) in [6, 6.07) is 11.2. The Kier molecular flexibility index (Phi) is 4.74. The molecule has 0 aliphatic carbocycles. The Hall–Kier alpha value is -1.88. The van der Waals surface area contributed by atoms with Gasteiger partial charge in [0, 0.05) is 15.2 Å². The summed E-state index contributed by atoms with van der Waals surface area (Å²) >= 11 is 2.19. The second kappa shape index (κ2) is 6.52. The Morgan fingerprint density at radius 2 is 2.15 bits per heavy atom. The van der Waals surface area contributed by atoms with Gasteiger partial charge in [0.1, 0.15) is 5.82 Å². The molecule has 0 fully saturated rings. The molecule has 0 aliphatic heterocycles. The smallest absolute Gasteiger partial charge is 0.256 e. The average Bonchev–Trinajstić information content (AvgIpc) is 2.77. The fourth-order valence-electron chi connectivity index (χ4n) is 1.76. The highest BCUT2D eigenvalue weighted by atomic mass is 127. The lowest BCUT2D eigenvalue weighted by Gasteiger charge is -2.07. The summed E-state index contributed by atoms with van der Waals surface area (Å²) in [5.74, 6) is 0.431. The molecule has 0 aliphatic rings. The van der Waals surface area contributed by atoms with Gasteiger partial charge in [-0.3, -0.25) is 4.79 Å². The first-order chi connectivity index (χ1) is 9.60. The highest BCUT2D eigenvalue weighted by Crippen LogP contribution is 2.13. The van der Waals surface area contributed by atoms with E-state index in [1.165, 1.54) is 0 Å². The van der Waals surface area contributed by atoms with Crippen LogP contribution < -0.4 is 5.32 Å². The van der Waals surface area contributed by atoms with Crippen LogP contribution in [0, 0.1) is 21.8 Å². The minimum Gasteiger partial charge on any atom is -0.307 e. The number of hydrogen-bond acceptors (Lipinski definition) is 3. The van der Waals surface area contributed by atoms with Crippen LogP contribution in [-0.2, 0) is 6.54 Å². The van der Waals surface area contributed by atoms with E-state index in [0.29, 0.717) is 24.3 Å². The minimum absolute atomic E-state index is 0.181. The first kappa shape index (κ1) is 14.5. The van der Waals surface area contributed by atoms with E-state index in [2.05, 4.69) is 39.1 Å². The summed E-state index contributed by atoms with van der Waals surface area (Å²) in [5.41, 5.74) is 1.40. The van der Waals surface area contributed by atoms with Crippen molar-refractivity contribution in [1.82, 2.24) is 9.78 Å². The molecule has 2 aromatic rings. The number of benzene rings is 1. The molecule has 6 heteroatoms. The van der Waals surface area contributed by atoms with E-state index in [4.69, 9.17) is 5.26 Å². The van der Waals surface area contributed by atoms with Crippen molar-refractivity contribution in [2.24, 2.45) is 0 Å². The fourth-order valence-corrected chi connectivity index (χ4v) is 2.12. The largest absolute Gasteiger partial charge is 0.307 e. The van der Waals surface area contributed by atoms with Gasteiger partial charge in [0.05, 0.1) is 24.7 Å². The number of nitriles is 1. The van der Waals surface area contributed by atoms with Crippen molar-refractivity contribution < 1.29 is 4.79 Å². The number of aryl methyl sites for hydroxylation is 2. The molecule has 1 aromatic heterocycles. The molecule has 1 aromatic carbocycles. The molecule has 20 heavy (non-hydrogen) atoms. The topological polar surface area (TPSA) is 70.7 Å². The molecule has 1 amide bonds. The van der Waals surface area contributed by atoms with Crippen LogP contribution in [0.5, 0.6) is 0 Å². The maximum Gasteiger partial charge on any atom is 0.256 e. The van der Waals surface area contributed by atoms with Crippen molar-refractivity contribution in [3.63, 3.8) is 0 Å². The SMILES string of the molecule is Cc1cc(NC(=O)c2ccc(I)cc2)n(CCC#N)n1. The van der Waals surface area contributed by atoms with Gasteiger partial charge in [0.25, 0.3) is 5.91 Å². The summed E-state index contributed by atoms with van der Waals surface area (Å²) in [6.45, 7) is 2.32. The number of nitrogens with one attached hydrogen (secondary N) is 1. The molecular weight excluding hydrogens is 367 g/mol. The third-order valence-corrected chi connectivity index (χ3v) is 3.40. The lowest BCUT2D eigenvalue weighted by atomic mass is 10.2. The van der Waals surface area contributed by atoms with Crippen LogP contribution >= 0.6 is 22.6 Å². The normalized spacial score (nSPS) is 10.1. The number of amides is 1. The fraction of sp³-hybridized carbons (Fsp3) is 0.214. The molecule has 0 saturated heterocycles. The van der Waals surface area contributed by atoms with Gasteiger partial charge < -0.3 is 5.32 Å². The second-order valence-corrected chi connectivity index (χ2v) is 5.51. The van der Waals surface area contributed by atoms with Gasteiger partial charge in [-0.25, -0.2) is 4.68 Å². The maximum atomic E-state index is 12.1. The van der Waals surface area contributed by atoms with E-state index in [9.17, 15) is 4.79 Å². The van der Waals surface area contributed by atoms with Crippen LogP contribution in [0.1, 0.15) is 22.5 Å². The van der Waals surface area contributed by atoms with Crippen LogP contribution in [0.4, 0.5) is 5.82 Å². The van der Waals surface area contributed by atoms with Crippen LogP contribution in [0.2, 0.25) is 0 Å². The minimum atomic E-state index is -0.181. The molecule has 1 heterocycles. The number of hydrogen-bond donors (Lipinski definition) is 1. The zero-order valence-corrected chi connectivity index (χ0v) is 13.1. The van der Waals surface area contributed by atoms with Gasteiger partial charge in [0.15, 0.2) is 0 Å². The number of nitrogens with zero attached hydrogens (tertiary/aromatic N) is 3. The number of aromatic nitrogens is 2. The van der Waals surface area contributed by atoms with Crippen molar-refractivity contribution in [1.29, 1.82) is 5.26 Å². The van der Waals surface area contributed by atoms with Crippen LogP contribution in [0.3, 0.4) is 0 Å². The van der Waals surface area contributed by atoms with Gasteiger partial charge in [-0.15, -0.1) is 0 Å². The van der Waals surface area contributed by atoms with E-state index >= 15 is 0 Å². The first-order valence-electron chi connectivity index (χ1n) is 6.08. The highest BCUT2D eigenvalue weighted by Gasteiger charge is 2.10. The molecule has 1 N–H and O–H groups in total. The zero-order valence-electron chi connectivity index (χ0n) is 10.9. The summed E-state index contributed by atoms with van der Waals surface area (Å²) in [7, 11) is 0. The standard InChI is InChI=1S/C14H13IN4O/c1-10-9-13(19(18-10)8-2-7-16)17-14(20)11-3-5-12(15)6-4-11/h3-6,9H,2,8H2,1H3,(H,17,20). The predicted octanol–water partition coefficient (Wildman–Crippen LogP) is 2.96. The monoisotopic (exact) mass is 380 g/mol. The van der Waals surface area contributed by atoms with Crippen molar-refractivity contribution in [2.75, 3.05) is 5.32 Å². The van der Waals surface area contributed by atoms with Crippen LogP contribution in [-0.4, -0.2) is 15.7 Å². The van der Waals surface area contributed by atoms with E-state index < -0.39 is 0 Å². The summed E-state index contributed by atoms with van der Waals surface area (Å²) in [4.78, 5) is 12.1. The quantitative estimate of drug-likeness (QED) is 0.830. The van der Waals surface area contributed by atoms with Gasteiger partial charge in [-0.1, -0.05) is 0 Å². The second-order valence-electron chi connectivity index (χ2n) is 4.26. The Bertz CT molecular complexity index is 655. The third kappa shape index (κ3) is 3.57. The Morgan fingerprint density at radius 3 is 2.80 bits per heavy atom. The number of rotatable bonds is 4. The van der Waals surface area contributed by atoms with Gasteiger partial charge >= 0.3 is 0 Å². The summed E-state index contributed by atoms with van der Waals surface area (Å²) < 4.78 is 2.72. The van der Waals surface area contributed by atoms with Crippen molar-refractivity contribution in [3.8, 4) is 6.07 Å². The third-order valence-electron chi connectivity index (χ3n) is 2.69. The number of anilines is 1. The molecule has 0 atom stereocenters. The van der Waals surface area contributed by atoms with Crippen LogP contribution in [0.25, 0.3) is 0 Å². The highest BCUT2D eigenvalue weighted by molar-refractivity contribution is 14.1. The van der Waals surface area contributed by atoms with Crippen molar-refractivity contribution in [2.45, 2.75) is 19.9 Å². The first-order valence-corrected chi connectivity index (χ1v) is 7.16. The Balaban J connectivity index is 2.15. The average molecular weight is 380 g/mol. The molecule has 0 saturated carbocycles. The molecule has 0 bridgehead atoms. The summed E-state index contributed by atoms with van der Waals surface area (Å²) in [5, 5.41) is 15.7. The number of carbonyl (C=O) groups excluding carboxylic acids is 1. The Labute approximate surface area is 130 Å². The van der Waals surface area contributed by atoms with E-state index in [0.717, 1.165) is 9.26 Å². The molecule has 0 unspecified atom stereocenters. The molecule has 0 spiro atoms. The van der Waals surface area contributed by atoms with Crippen molar-refractivity contribution >= 4 is 34.3 Å². The van der Waals surface area contributed by atoms with Crippen molar-refractivity contribution in [3.05, 3.63) is 45.2 Å². The Morgan fingerprint density at radius 1 is 1.45 bits per heavy atom. The lowest BCUT2D eigenvalue weighted by Crippen LogP contribution is -2.15. The number of halogens is 1. The molecule has 0 radical (unpaired) electrons. The molecule has 5 nitrogen and oxygen atoms in total. The van der Waals surface area contributed by atoms with E-state index in [1.54, 1.807) is 22.9 Å². The maximum absolute atomic E-state index is 12.1. The van der Waals surface area contributed by atoms with Crippen LogP contribution in [0.15, 0.2) is 30.3 Å².